The first-order valence-electron chi connectivity index (χ1n) is 7.75. The lowest BCUT2D eigenvalue weighted by Gasteiger charge is -2.20. The van der Waals surface area contributed by atoms with Crippen LogP contribution >= 0.6 is 11.8 Å². The number of hydrogen-bond donors (Lipinski definition) is 2. The molecule has 0 radical (unpaired) electrons. The minimum absolute atomic E-state index is 0.179. The number of para-hydroxylation sites is 1. The molecule has 2 amide bonds. The number of nitrogens with two attached hydrogens (primary N) is 1. The van der Waals surface area contributed by atoms with E-state index in [4.69, 9.17) is 5.73 Å². The number of hydrogen-bond acceptors (Lipinski definition) is 5. The molecule has 1 atom stereocenters. The molecule has 0 aromatic heterocycles. The summed E-state index contributed by atoms with van der Waals surface area (Å²) in [7, 11) is 0. The number of carbonyl (C=O) groups excluding carboxylic acids is 2. The van der Waals surface area contributed by atoms with Gasteiger partial charge in [0.15, 0.2) is 0 Å². The molecule has 25 heavy (non-hydrogen) atoms. The van der Waals surface area contributed by atoms with Gasteiger partial charge in [-0.25, -0.2) is 0 Å². The van der Waals surface area contributed by atoms with Crippen LogP contribution in [0.2, 0.25) is 0 Å². The molecule has 1 heterocycles. The highest BCUT2D eigenvalue weighted by Gasteiger charge is 2.34. The predicted octanol–water partition coefficient (Wildman–Crippen LogP) is 2.47. The highest BCUT2D eigenvalue weighted by atomic mass is 32.2. The van der Waals surface area contributed by atoms with Crippen molar-refractivity contribution in [3.8, 4) is 0 Å². The minimum atomic E-state index is -0.666. The average Bonchev–Trinajstić information content (AvgIpc) is 3.08. The van der Waals surface area contributed by atoms with Crippen LogP contribution in [-0.2, 0) is 9.59 Å². The molecule has 0 bridgehead atoms. The monoisotopic (exact) mass is 354 g/mol. The Labute approximate surface area is 150 Å². The number of nitrogens with one attached hydrogen (secondary N) is 1. The molecular formula is C18H18N4O2S. The second-order valence-corrected chi connectivity index (χ2v) is 6.41. The van der Waals surface area contributed by atoms with Crippen LogP contribution in [0, 0.1) is 0 Å². The quantitative estimate of drug-likeness (QED) is 0.808. The van der Waals surface area contributed by atoms with Gasteiger partial charge in [-0.2, -0.15) is 5.10 Å². The summed E-state index contributed by atoms with van der Waals surface area (Å²) >= 11 is 1.59. The molecule has 2 aromatic rings. The van der Waals surface area contributed by atoms with Gasteiger partial charge in [0.1, 0.15) is 11.8 Å². The molecule has 0 spiro atoms. The first-order valence-corrected chi connectivity index (χ1v) is 8.97. The summed E-state index contributed by atoms with van der Waals surface area (Å²) < 4.78 is 0. The van der Waals surface area contributed by atoms with E-state index in [1.54, 1.807) is 11.8 Å². The standard InChI is InChI=1S/C18H18N4O2S/c1-25-14-9-5-6-12(10-14)20-18(24)15-11-16(17(19)23)22(21-15)13-7-3-2-4-8-13/h2-10,16H,11H2,1H3,(H2,19,23)(H,20,24). The number of thioether (sulfide) groups is 1. The molecule has 3 N–H and O–H groups in total. The molecule has 0 saturated carbocycles. The zero-order valence-electron chi connectivity index (χ0n) is 13.7. The Kier molecular flexibility index (Phi) is 5.04. The molecule has 0 saturated heterocycles. The number of amides is 2. The highest BCUT2D eigenvalue weighted by Crippen LogP contribution is 2.25. The SMILES string of the molecule is CSc1cccc(NC(=O)C2=NN(c3ccccc3)C(C(N)=O)C2)c1. The van der Waals surface area contributed by atoms with Crippen molar-refractivity contribution >= 4 is 40.7 Å². The van der Waals surface area contributed by atoms with E-state index in [0.29, 0.717) is 5.69 Å². The van der Waals surface area contributed by atoms with E-state index in [1.165, 1.54) is 5.01 Å². The fraction of sp³-hybridized carbons (Fsp3) is 0.167. The van der Waals surface area contributed by atoms with Gasteiger partial charge >= 0.3 is 0 Å². The number of rotatable bonds is 5. The van der Waals surface area contributed by atoms with Crippen LogP contribution in [0.1, 0.15) is 6.42 Å². The van der Waals surface area contributed by atoms with Crippen molar-refractivity contribution in [3.63, 3.8) is 0 Å². The van der Waals surface area contributed by atoms with Gasteiger partial charge in [0.25, 0.3) is 5.91 Å². The first kappa shape index (κ1) is 17.0. The van der Waals surface area contributed by atoms with Gasteiger partial charge < -0.3 is 11.1 Å². The Morgan fingerprint density at radius 3 is 2.64 bits per heavy atom. The summed E-state index contributed by atoms with van der Waals surface area (Å²) in [5, 5.41) is 8.67. The van der Waals surface area contributed by atoms with E-state index >= 15 is 0 Å². The van der Waals surface area contributed by atoms with Crippen molar-refractivity contribution in [3.05, 3.63) is 54.6 Å². The topological polar surface area (TPSA) is 87.8 Å². The zero-order valence-corrected chi connectivity index (χ0v) is 14.5. The van der Waals surface area contributed by atoms with Gasteiger partial charge in [0.05, 0.1) is 5.69 Å². The van der Waals surface area contributed by atoms with Gasteiger partial charge in [-0.05, 0) is 36.6 Å². The number of benzene rings is 2. The Bertz CT molecular complexity index is 823. The molecule has 0 aliphatic carbocycles. The van der Waals surface area contributed by atoms with Crippen LogP contribution in [0.3, 0.4) is 0 Å². The Morgan fingerprint density at radius 2 is 1.96 bits per heavy atom. The molecule has 3 rings (SSSR count). The maximum atomic E-state index is 12.5. The number of hydrazone groups is 1. The van der Waals surface area contributed by atoms with Crippen molar-refractivity contribution in [1.29, 1.82) is 0 Å². The molecule has 7 heteroatoms. The van der Waals surface area contributed by atoms with Crippen LogP contribution in [-0.4, -0.2) is 29.8 Å². The largest absolute Gasteiger partial charge is 0.368 e. The molecule has 6 nitrogen and oxygen atoms in total. The van der Waals surface area contributed by atoms with E-state index < -0.39 is 11.9 Å². The Hall–Kier alpha value is -2.80. The summed E-state index contributed by atoms with van der Waals surface area (Å²) in [6.45, 7) is 0. The summed E-state index contributed by atoms with van der Waals surface area (Å²) in [6, 6.07) is 16.1. The minimum Gasteiger partial charge on any atom is -0.368 e. The zero-order chi connectivity index (χ0) is 17.8. The third-order valence-corrected chi connectivity index (χ3v) is 4.57. The molecule has 1 aliphatic heterocycles. The first-order chi connectivity index (χ1) is 12.1. The number of nitrogens with zero attached hydrogens (tertiary/aromatic N) is 2. The van der Waals surface area contributed by atoms with Gasteiger partial charge in [-0.15, -0.1) is 11.8 Å². The number of primary amides is 1. The maximum Gasteiger partial charge on any atom is 0.271 e. The third kappa shape index (κ3) is 3.83. The van der Waals surface area contributed by atoms with Crippen LogP contribution in [0.4, 0.5) is 11.4 Å². The smallest absolute Gasteiger partial charge is 0.271 e. The Balaban J connectivity index is 1.81. The van der Waals surface area contributed by atoms with E-state index in [1.807, 2.05) is 60.9 Å². The van der Waals surface area contributed by atoms with E-state index in [9.17, 15) is 9.59 Å². The van der Waals surface area contributed by atoms with Crippen LogP contribution in [0.15, 0.2) is 64.6 Å². The van der Waals surface area contributed by atoms with E-state index in [0.717, 1.165) is 10.6 Å². The highest BCUT2D eigenvalue weighted by molar-refractivity contribution is 7.98. The molecule has 1 unspecified atom stereocenters. The number of carbonyl (C=O) groups is 2. The molecule has 1 aliphatic rings. The molecule has 2 aromatic carbocycles. The Morgan fingerprint density at radius 1 is 1.20 bits per heavy atom. The average molecular weight is 354 g/mol. The van der Waals surface area contributed by atoms with Crippen molar-refractivity contribution in [1.82, 2.24) is 0 Å². The van der Waals surface area contributed by atoms with Gasteiger partial charge in [-0.3, -0.25) is 14.6 Å². The predicted molar refractivity (Wildman–Crippen MR) is 101 cm³/mol. The van der Waals surface area contributed by atoms with Crippen molar-refractivity contribution < 1.29 is 9.59 Å². The summed E-state index contributed by atoms with van der Waals surface area (Å²) in [5.74, 6) is -0.845. The van der Waals surface area contributed by atoms with Crippen LogP contribution < -0.4 is 16.1 Å². The lowest BCUT2D eigenvalue weighted by Crippen LogP contribution is -2.39. The van der Waals surface area contributed by atoms with Crippen molar-refractivity contribution in [2.45, 2.75) is 17.4 Å². The second-order valence-electron chi connectivity index (χ2n) is 5.54. The summed E-state index contributed by atoms with van der Waals surface area (Å²) in [5.41, 5.74) is 7.18. The van der Waals surface area contributed by atoms with Gasteiger partial charge in [-0.1, -0.05) is 24.3 Å². The van der Waals surface area contributed by atoms with E-state index in [-0.39, 0.29) is 18.0 Å². The fourth-order valence-electron chi connectivity index (χ4n) is 2.59. The summed E-state index contributed by atoms with van der Waals surface area (Å²) in [6.07, 6.45) is 2.15. The van der Waals surface area contributed by atoms with Gasteiger partial charge in [0.2, 0.25) is 5.91 Å². The van der Waals surface area contributed by atoms with E-state index in [2.05, 4.69) is 10.4 Å². The van der Waals surface area contributed by atoms with Crippen molar-refractivity contribution in [2.75, 3.05) is 16.6 Å². The maximum absolute atomic E-state index is 12.5. The normalized spacial score (nSPS) is 16.4. The van der Waals surface area contributed by atoms with Gasteiger partial charge in [0, 0.05) is 17.0 Å². The van der Waals surface area contributed by atoms with Crippen molar-refractivity contribution in [2.24, 2.45) is 10.8 Å². The molecule has 0 fully saturated rings. The third-order valence-electron chi connectivity index (χ3n) is 3.85. The second kappa shape index (κ2) is 7.40. The lowest BCUT2D eigenvalue weighted by atomic mass is 10.1. The summed E-state index contributed by atoms with van der Waals surface area (Å²) in [4.78, 5) is 25.3. The molecular weight excluding hydrogens is 336 g/mol. The van der Waals surface area contributed by atoms with Crippen LogP contribution in [0.5, 0.6) is 0 Å². The van der Waals surface area contributed by atoms with Crippen LogP contribution in [0.25, 0.3) is 0 Å². The lowest BCUT2D eigenvalue weighted by molar-refractivity contribution is -0.119. The molecule has 128 valence electrons. The number of anilines is 2. The fourth-order valence-corrected chi connectivity index (χ4v) is 3.05.